The van der Waals surface area contributed by atoms with Gasteiger partial charge in [0.2, 0.25) is 0 Å². The van der Waals surface area contributed by atoms with Gasteiger partial charge in [-0.05, 0) is 25.0 Å². The van der Waals surface area contributed by atoms with Crippen molar-refractivity contribution in [2.24, 2.45) is 0 Å². The van der Waals surface area contributed by atoms with Gasteiger partial charge in [-0.1, -0.05) is 6.07 Å². The molecule has 70 valence electrons. The molecule has 1 nitrogen and oxygen atoms in total. The van der Waals surface area contributed by atoms with E-state index in [9.17, 15) is 8.78 Å². The lowest BCUT2D eigenvalue weighted by Crippen LogP contribution is -2.16. The number of aliphatic hydroxyl groups excluding tert-OH is 1. The minimum Gasteiger partial charge on any atom is -0.395 e. The van der Waals surface area contributed by atoms with Gasteiger partial charge in [0.1, 0.15) is 11.6 Å². The van der Waals surface area contributed by atoms with Gasteiger partial charge in [-0.25, -0.2) is 8.78 Å². The summed E-state index contributed by atoms with van der Waals surface area (Å²) in [5.41, 5.74) is -0.576. The van der Waals surface area contributed by atoms with Crippen LogP contribution in [0, 0.1) is 11.6 Å². The predicted octanol–water partition coefficient (Wildman–Crippen LogP) is 1.99. The number of aliphatic hydroxyl groups is 1. The summed E-state index contributed by atoms with van der Waals surface area (Å²) in [5, 5.41) is 9.03. The van der Waals surface area contributed by atoms with Gasteiger partial charge in [0.15, 0.2) is 0 Å². The maximum Gasteiger partial charge on any atom is 0.129 e. The Kier molecular flexibility index (Phi) is 1.84. The second kappa shape index (κ2) is 2.77. The Hall–Kier alpha value is -0.960. The zero-order valence-electron chi connectivity index (χ0n) is 7.06. The first-order valence-electron chi connectivity index (χ1n) is 4.25. The van der Waals surface area contributed by atoms with Crippen molar-refractivity contribution in [1.82, 2.24) is 0 Å². The van der Waals surface area contributed by atoms with Gasteiger partial charge >= 0.3 is 0 Å². The molecule has 0 spiro atoms. The maximum atomic E-state index is 13.2. The van der Waals surface area contributed by atoms with Crippen LogP contribution in [-0.4, -0.2) is 11.7 Å². The van der Waals surface area contributed by atoms with Gasteiger partial charge in [0, 0.05) is 11.0 Å². The summed E-state index contributed by atoms with van der Waals surface area (Å²) in [5.74, 6) is -1.10. The Labute approximate surface area is 75.0 Å². The van der Waals surface area contributed by atoms with E-state index in [-0.39, 0.29) is 12.2 Å². The maximum absolute atomic E-state index is 13.2. The predicted molar refractivity (Wildman–Crippen MR) is 44.4 cm³/mol. The first-order chi connectivity index (χ1) is 6.19. The summed E-state index contributed by atoms with van der Waals surface area (Å²) in [6.07, 6.45) is 1.34. The van der Waals surface area contributed by atoms with E-state index in [1.165, 1.54) is 18.2 Å². The first kappa shape index (κ1) is 8.63. The SMILES string of the molecule is OCC1(c2c(F)cccc2F)CC1. The summed E-state index contributed by atoms with van der Waals surface area (Å²) in [4.78, 5) is 0. The lowest BCUT2D eigenvalue weighted by molar-refractivity contribution is 0.248. The summed E-state index contributed by atoms with van der Waals surface area (Å²) in [7, 11) is 0. The number of benzene rings is 1. The van der Waals surface area contributed by atoms with E-state index in [1.807, 2.05) is 0 Å². The average Bonchev–Trinajstić information content (AvgIpc) is 2.85. The average molecular weight is 184 g/mol. The third kappa shape index (κ3) is 1.23. The molecule has 1 saturated carbocycles. The highest BCUT2D eigenvalue weighted by molar-refractivity contribution is 5.33. The molecule has 0 aliphatic heterocycles. The first-order valence-corrected chi connectivity index (χ1v) is 4.25. The van der Waals surface area contributed by atoms with Gasteiger partial charge in [-0.2, -0.15) is 0 Å². The fourth-order valence-corrected chi connectivity index (χ4v) is 1.64. The highest BCUT2D eigenvalue weighted by Crippen LogP contribution is 2.49. The smallest absolute Gasteiger partial charge is 0.129 e. The molecule has 0 heterocycles. The highest BCUT2D eigenvalue weighted by atomic mass is 19.1. The third-order valence-corrected chi connectivity index (χ3v) is 2.65. The van der Waals surface area contributed by atoms with Gasteiger partial charge in [-0.15, -0.1) is 0 Å². The molecule has 1 aliphatic carbocycles. The number of rotatable bonds is 2. The molecule has 3 heteroatoms. The molecule has 0 atom stereocenters. The summed E-state index contributed by atoms with van der Waals surface area (Å²) in [6.45, 7) is -0.176. The fourth-order valence-electron chi connectivity index (χ4n) is 1.64. The Balaban J connectivity index is 2.50. The molecule has 1 N–H and O–H groups in total. The van der Waals surface area contributed by atoms with Crippen molar-refractivity contribution >= 4 is 0 Å². The van der Waals surface area contributed by atoms with Crippen LogP contribution >= 0.6 is 0 Å². The molecule has 13 heavy (non-hydrogen) atoms. The molecule has 0 bridgehead atoms. The van der Waals surface area contributed by atoms with E-state index in [2.05, 4.69) is 0 Å². The molecule has 1 fully saturated rings. The molecule has 1 aromatic rings. The van der Waals surface area contributed by atoms with Crippen LogP contribution in [0.5, 0.6) is 0 Å². The summed E-state index contributed by atoms with van der Waals surface area (Å²) in [6, 6.07) is 3.80. The minimum atomic E-state index is -0.630. The van der Waals surface area contributed by atoms with Crippen LogP contribution in [0.2, 0.25) is 0 Å². The molecular formula is C10H10F2O. The molecule has 2 rings (SSSR count). The van der Waals surface area contributed by atoms with Crippen LogP contribution in [0.1, 0.15) is 18.4 Å². The Morgan fingerprint density at radius 1 is 1.23 bits per heavy atom. The number of halogens is 2. The van der Waals surface area contributed by atoms with Crippen LogP contribution in [0.3, 0.4) is 0 Å². The highest BCUT2D eigenvalue weighted by Gasteiger charge is 2.47. The van der Waals surface area contributed by atoms with Crippen LogP contribution < -0.4 is 0 Å². The standard InChI is InChI=1S/C10H10F2O/c11-7-2-1-3-8(12)9(7)10(6-13)4-5-10/h1-3,13H,4-6H2. The monoisotopic (exact) mass is 184 g/mol. The number of hydrogen-bond acceptors (Lipinski definition) is 1. The minimum absolute atomic E-state index is 0.0532. The van der Waals surface area contributed by atoms with E-state index in [1.54, 1.807) is 0 Å². The molecule has 0 amide bonds. The van der Waals surface area contributed by atoms with E-state index >= 15 is 0 Å². The van der Waals surface area contributed by atoms with Crippen LogP contribution in [0.25, 0.3) is 0 Å². The topological polar surface area (TPSA) is 20.2 Å². The van der Waals surface area contributed by atoms with Crippen molar-refractivity contribution < 1.29 is 13.9 Å². The zero-order chi connectivity index (χ0) is 9.47. The van der Waals surface area contributed by atoms with E-state index < -0.39 is 17.0 Å². The van der Waals surface area contributed by atoms with Crippen LogP contribution in [0.4, 0.5) is 8.78 Å². The second-order valence-corrected chi connectivity index (χ2v) is 3.54. The van der Waals surface area contributed by atoms with Crippen LogP contribution in [-0.2, 0) is 5.41 Å². The molecule has 0 radical (unpaired) electrons. The van der Waals surface area contributed by atoms with Crippen molar-refractivity contribution in [2.75, 3.05) is 6.61 Å². The van der Waals surface area contributed by atoms with Crippen molar-refractivity contribution in [3.05, 3.63) is 35.4 Å². The fraction of sp³-hybridized carbons (Fsp3) is 0.400. The van der Waals surface area contributed by atoms with Gasteiger partial charge in [-0.3, -0.25) is 0 Å². The quantitative estimate of drug-likeness (QED) is 0.745. The van der Waals surface area contributed by atoms with E-state index in [4.69, 9.17) is 5.11 Å². The van der Waals surface area contributed by atoms with E-state index in [0.717, 1.165) is 0 Å². The van der Waals surface area contributed by atoms with E-state index in [0.29, 0.717) is 12.8 Å². The number of hydrogen-bond donors (Lipinski definition) is 1. The Bertz CT molecular complexity index is 311. The largest absolute Gasteiger partial charge is 0.395 e. The molecular weight excluding hydrogens is 174 g/mol. The Morgan fingerprint density at radius 2 is 1.77 bits per heavy atom. The molecule has 0 unspecified atom stereocenters. The third-order valence-electron chi connectivity index (χ3n) is 2.65. The van der Waals surface area contributed by atoms with Crippen molar-refractivity contribution in [1.29, 1.82) is 0 Å². The van der Waals surface area contributed by atoms with Crippen molar-refractivity contribution in [2.45, 2.75) is 18.3 Å². The lowest BCUT2D eigenvalue weighted by Gasteiger charge is -2.13. The molecule has 0 aromatic heterocycles. The zero-order valence-corrected chi connectivity index (χ0v) is 7.06. The van der Waals surface area contributed by atoms with Gasteiger partial charge in [0.05, 0.1) is 6.61 Å². The van der Waals surface area contributed by atoms with Crippen LogP contribution in [0.15, 0.2) is 18.2 Å². The second-order valence-electron chi connectivity index (χ2n) is 3.54. The molecule has 0 saturated heterocycles. The molecule has 1 aliphatic rings. The summed E-state index contributed by atoms with van der Waals surface area (Å²) >= 11 is 0. The summed E-state index contributed by atoms with van der Waals surface area (Å²) < 4.78 is 26.4. The molecule has 1 aromatic carbocycles. The van der Waals surface area contributed by atoms with Crippen molar-refractivity contribution in [3.8, 4) is 0 Å². The van der Waals surface area contributed by atoms with Gasteiger partial charge in [0.25, 0.3) is 0 Å². The lowest BCUT2D eigenvalue weighted by atomic mass is 9.96. The Morgan fingerprint density at radius 3 is 2.15 bits per heavy atom. The van der Waals surface area contributed by atoms with Crippen molar-refractivity contribution in [3.63, 3.8) is 0 Å². The van der Waals surface area contributed by atoms with Gasteiger partial charge < -0.3 is 5.11 Å². The normalized spacial score (nSPS) is 18.7.